The number of halogens is 1. The first-order valence-corrected chi connectivity index (χ1v) is 9.18. The van der Waals surface area contributed by atoms with Crippen molar-refractivity contribution in [2.75, 3.05) is 0 Å². The summed E-state index contributed by atoms with van der Waals surface area (Å²) in [6.45, 7) is 12.7. The van der Waals surface area contributed by atoms with Gasteiger partial charge in [0.1, 0.15) is 24.0 Å². The van der Waals surface area contributed by atoms with E-state index in [-0.39, 0.29) is 11.5 Å². The van der Waals surface area contributed by atoms with E-state index in [9.17, 15) is 0 Å². The lowest BCUT2D eigenvalue weighted by molar-refractivity contribution is -0.661. The summed E-state index contributed by atoms with van der Waals surface area (Å²) in [6, 6.07) is 10.6. The number of nitrogens with zero attached hydrogens (tertiary/aromatic N) is 2. The Hall–Kier alpha value is -3.19. The van der Waals surface area contributed by atoms with Gasteiger partial charge >= 0.3 is 0 Å². The van der Waals surface area contributed by atoms with Gasteiger partial charge in [-0.3, -0.25) is 0 Å². The zero-order valence-corrected chi connectivity index (χ0v) is 16.3. The van der Waals surface area contributed by atoms with Crippen molar-refractivity contribution in [2.45, 2.75) is 27.1 Å². The predicted octanol–water partition coefficient (Wildman–Crippen LogP) is 6.27. The molecule has 0 aliphatic carbocycles. The van der Waals surface area contributed by atoms with Gasteiger partial charge in [-0.2, -0.15) is 0 Å². The van der Waals surface area contributed by atoms with E-state index < -0.39 is 12.2 Å². The summed E-state index contributed by atoms with van der Waals surface area (Å²) in [6.07, 6.45) is -0.250. The summed E-state index contributed by atoms with van der Waals surface area (Å²) in [7, 11) is 1.78. The highest BCUT2D eigenvalue weighted by Gasteiger charge is 2.23. The van der Waals surface area contributed by atoms with Gasteiger partial charge in [0.05, 0.1) is 17.7 Å². The van der Waals surface area contributed by atoms with Gasteiger partial charge in [-0.15, -0.1) is 0 Å². The second-order valence-corrected chi connectivity index (χ2v) is 7.36. The van der Waals surface area contributed by atoms with Crippen molar-refractivity contribution < 1.29 is 16.1 Å². The molecule has 2 aromatic heterocycles. The molecule has 2 aromatic carbocycles. The Morgan fingerprint density at radius 2 is 2.00 bits per heavy atom. The molecule has 140 valence electrons. The highest BCUT2D eigenvalue weighted by atomic mass is 19.1. The number of aryl methyl sites for hydroxylation is 2. The van der Waals surface area contributed by atoms with Crippen LogP contribution in [0.5, 0.6) is 0 Å². The average Bonchev–Trinajstić information content (AvgIpc) is 3.06. The van der Waals surface area contributed by atoms with Crippen LogP contribution < -0.4 is 4.57 Å². The summed E-state index contributed by atoms with van der Waals surface area (Å²) in [4.78, 5) is 3.50. The van der Waals surface area contributed by atoms with Crippen molar-refractivity contribution in [3.05, 3.63) is 71.0 Å². The van der Waals surface area contributed by atoms with E-state index in [1.54, 1.807) is 43.7 Å². The Balaban J connectivity index is 2.01. The summed E-state index contributed by atoms with van der Waals surface area (Å²) < 4.78 is 39.6. The molecule has 0 fully saturated rings. The molecule has 0 radical (unpaired) electrons. The van der Waals surface area contributed by atoms with E-state index in [4.69, 9.17) is 13.7 Å². The highest BCUT2D eigenvalue weighted by Crippen LogP contribution is 2.38. The predicted molar refractivity (Wildman–Crippen MR) is 110 cm³/mol. The smallest absolute Gasteiger partial charge is 0.219 e. The van der Waals surface area contributed by atoms with Crippen molar-refractivity contribution in [3.8, 4) is 11.3 Å². The lowest BCUT2D eigenvalue weighted by atomic mass is 9.98. The largest absolute Gasteiger partial charge is 0.455 e. The molecule has 0 aliphatic heterocycles. The van der Waals surface area contributed by atoms with Crippen LogP contribution in [0.1, 0.15) is 27.7 Å². The number of hydrogen-bond donors (Lipinski definition) is 0. The standard InChI is InChI=1S/C24H22FN2O/c1-14(2)10-16-13-27(5)21(12-20(16)25)23-15(3)6-8-18-19-11-17(26-4)7-9-22(19)28-24(18)23/h6-9,11-14H,10H2,1-3,5H3/q+1/i10D2. The normalized spacial score (nSPS) is 13.0. The number of hydrogen-bond acceptors (Lipinski definition) is 1. The number of rotatable bonds is 3. The molecule has 0 N–H and O–H groups in total. The van der Waals surface area contributed by atoms with Crippen molar-refractivity contribution in [3.63, 3.8) is 0 Å². The monoisotopic (exact) mass is 375 g/mol. The Morgan fingerprint density at radius 3 is 2.71 bits per heavy atom. The second-order valence-electron chi connectivity index (χ2n) is 7.36. The third-order valence-electron chi connectivity index (χ3n) is 4.88. The third kappa shape index (κ3) is 2.93. The van der Waals surface area contributed by atoms with E-state index in [2.05, 4.69) is 4.85 Å². The van der Waals surface area contributed by atoms with E-state index in [0.29, 0.717) is 22.5 Å². The van der Waals surface area contributed by atoms with Crippen molar-refractivity contribution in [1.82, 2.24) is 0 Å². The molecule has 0 spiro atoms. The fourth-order valence-corrected chi connectivity index (χ4v) is 3.60. The Kier molecular flexibility index (Phi) is 3.82. The molecular weight excluding hydrogens is 351 g/mol. The van der Waals surface area contributed by atoms with Crippen LogP contribution in [0.3, 0.4) is 0 Å². The molecule has 0 unspecified atom stereocenters. The number of aromatic nitrogens is 1. The van der Waals surface area contributed by atoms with Crippen LogP contribution in [0.25, 0.3) is 38.0 Å². The van der Waals surface area contributed by atoms with Crippen LogP contribution in [0, 0.1) is 25.2 Å². The summed E-state index contributed by atoms with van der Waals surface area (Å²) in [5, 5.41) is 1.70. The molecule has 4 aromatic rings. The fourth-order valence-electron chi connectivity index (χ4n) is 3.60. The maximum atomic E-state index is 15.1. The fraction of sp³-hybridized carbons (Fsp3) is 0.250. The molecule has 28 heavy (non-hydrogen) atoms. The molecule has 2 heterocycles. The van der Waals surface area contributed by atoms with Crippen molar-refractivity contribution in [2.24, 2.45) is 13.0 Å². The van der Waals surface area contributed by atoms with E-state index in [0.717, 1.165) is 21.9 Å². The second kappa shape index (κ2) is 6.76. The minimum absolute atomic E-state index is 0.0416. The number of pyridine rings is 1. The van der Waals surface area contributed by atoms with Crippen molar-refractivity contribution in [1.29, 1.82) is 0 Å². The van der Waals surface area contributed by atoms with E-state index in [1.807, 2.05) is 19.1 Å². The van der Waals surface area contributed by atoms with Crippen molar-refractivity contribution >= 4 is 27.6 Å². The molecule has 0 aliphatic rings. The van der Waals surface area contributed by atoms with Crippen LogP contribution >= 0.6 is 0 Å². The molecule has 0 atom stereocenters. The quantitative estimate of drug-likeness (QED) is 0.305. The van der Waals surface area contributed by atoms with Gasteiger partial charge in [0.2, 0.25) is 5.69 Å². The maximum Gasteiger partial charge on any atom is 0.219 e. The molecule has 4 heteroatoms. The van der Waals surface area contributed by atoms with Gasteiger partial charge in [-0.1, -0.05) is 32.0 Å². The van der Waals surface area contributed by atoms with Gasteiger partial charge in [0.25, 0.3) is 0 Å². The number of furan rings is 1. The molecule has 0 saturated heterocycles. The molecule has 3 nitrogen and oxygen atoms in total. The minimum atomic E-state index is -1.78. The van der Waals surface area contributed by atoms with Gasteiger partial charge in [0.15, 0.2) is 11.9 Å². The van der Waals surface area contributed by atoms with Crippen LogP contribution in [-0.4, -0.2) is 0 Å². The maximum absolute atomic E-state index is 15.1. The molecule has 4 rings (SSSR count). The van der Waals surface area contributed by atoms with Gasteiger partial charge < -0.3 is 4.42 Å². The third-order valence-corrected chi connectivity index (χ3v) is 4.88. The zero-order valence-electron chi connectivity index (χ0n) is 18.3. The Bertz CT molecular complexity index is 1350. The van der Waals surface area contributed by atoms with E-state index >= 15 is 4.39 Å². The SMILES string of the molecule is [2H]C([2H])(c1c[n+](C)c(-c2c(C)ccc3c2oc2ccc([N+]#[C-])cc23)cc1F)C(C)C. The summed E-state index contributed by atoms with van der Waals surface area (Å²) in [5.74, 6) is -0.945. The molecular formula is C24H22FN2O+. The highest BCUT2D eigenvalue weighted by molar-refractivity contribution is 6.10. The average molecular weight is 375 g/mol. The Morgan fingerprint density at radius 1 is 1.21 bits per heavy atom. The van der Waals surface area contributed by atoms with Gasteiger partial charge in [-0.05, 0) is 36.9 Å². The summed E-state index contributed by atoms with van der Waals surface area (Å²) >= 11 is 0. The first kappa shape index (κ1) is 15.8. The summed E-state index contributed by atoms with van der Waals surface area (Å²) in [5.41, 5.74) is 4.14. The zero-order chi connectivity index (χ0) is 21.8. The molecule has 0 amide bonds. The van der Waals surface area contributed by atoms with Gasteiger partial charge in [0, 0.05) is 19.6 Å². The van der Waals surface area contributed by atoms with Crippen LogP contribution in [0.2, 0.25) is 0 Å². The number of benzene rings is 2. The lowest BCUT2D eigenvalue weighted by Crippen LogP contribution is -2.32. The first-order valence-electron chi connectivity index (χ1n) is 10.2. The lowest BCUT2D eigenvalue weighted by Gasteiger charge is -2.09. The Labute approximate surface area is 166 Å². The van der Waals surface area contributed by atoms with Gasteiger partial charge in [-0.25, -0.2) is 13.8 Å². The van der Waals surface area contributed by atoms with Crippen LogP contribution in [0.15, 0.2) is 47.0 Å². The number of fused-ring (bicyclic) bond motifs is 3. The first-order chi connectivity index (χ1) is 14.1. The molecule has 0 bridgehead atoms. The van der Waals surface area contributed by atoms with E-state index in [1.165, 1.54) is 12.3 Å². The topological polar surface area (TPSA) is 21.4 Å². The minimum Gasteiger partial charge on any atom is -0.455 e. The van der Waals surface area contributed by atoms with Crippen LogP contribution in [0.4, 0.5) is 10.1 Å². The molecule has 0 saturated carbocycles. The van der Waals surface area contributed by atoms with Crippen LogP contribution in [-0.2, 0) is 13.4 Å².